The molecule has 0 aliphatic carbocycles. The second-order valence-electron chi connectivity index (χ2n) is 13.2. The SMILES string of the molecule is CC(C)C[C@H](NC(=O)[C@@H](Cc1c[nH]cn1)NC(=O)[C@H](Cc1cccc2ccccc12)NC(=O)OCc1ccccc1)[C@@H](O)CC(=O)c1ccccc1. The fourth-order valence-corrected chi connectivity index (χ4v) is 6.08. The van der Waals surface area contributed by atoms with Gasteiger partial charge in [-0.15, -0.1) is 0 Å². The molecular weight excluding hydrogens is 658 g/mol. The number of H-pyrrole nitrogens is 1. The lowest BCUT2D eigenvalue weighted by Crippen LogP contribution is -2.57. The molecule has 0 aliphatic heterocycles. The Morgan fingerprint density at radius 1 is 0.769 bits per heavy atom. The number of rotatable bonds is 17. The first-order valence-electron chi connectivity index (χ1n) is 17.4. The maximum atomic E-state index is 14.2. The van der Waals surface area contributed by atoms with Crippen LogP contribution < -0.4 is 16.0 Å². The summed E-state index contributed by atoms with van der Waals surface area (Å²) in [5.41, 5.74) is 2.58. The number of fused-ring (bicyclic) bond motifs is 1. The van der Waals surface area contributed by atoms with Crippen LogP contribution in [0.15, 0.2) is 116 Å². The van der Waals surface area contributed by atoms with E-state index < -0.39 is 42.1 Å². The molecule has 0 aliphatic rings. The number of nitrogens with one attached hydrogen (secondary N) is 4. The number of carbonyl (C=O) groups excluding carboxylic acids is 4. The van der Waals surface area contributed by atoms with Crippen molar-refractivity contribution in [3.63, 3.8) is 0 Å². The van der Waals surface area contributed by atoms with E-state index in [1.807, 2.05) is 86.6 Å². The number of aliphatic hydroxyl groups excluding tert-OH is 1. The third-order valence-electron chi connectivity index (χ3n) is 8.73. The zero-order chi connectivity index (χ0) is 36.9. The van der Waals surface area contributed by atoms with Gasteiger partial charge < -0.3 is 30.8 Å². The fourth-order valence-electron chi connectivity index (χ4n) is 6.08. The molecule has 3 amide bonds. The van der Waals surface area contributed by atoms with E-state index in [9.17, 15) is 24.3 Å². The molecule has 5 N–H and O–H groups in total. The van der Waals surface area contributed by atoms with Gasteiger partial charge in [0.05, 0.1) is 24.2 Å². The molecule has 4 atom stereocenters. The van der Waals surface area contributed by atoms with Gasteiger partial charge in [0.1, 0.15) is 18.7 Å². The molecule has 11 heteroatoms. The number of nitrogens with zero attached hydrogens (tertiary/aromatic N) is 1. The lowest BCUT2D eigenvalue weighted by Gasteiger charge is -2.28. The zero-order valence-corrected chi connectivity index (χ0v) is 29.3. The van der Waals surface area contributed by atoms with E-state index in [0.29, 0.717) is 17.7 Å². The number of hydrogen-bond donors (Lipinski definition) is 5. The number of aliphatic hydroxyl groups is 1. The zero-order valence-electron chi connectivity index (χ0n) is 29.3. The second-order valence-corrected chi connectivity index (χ2v) is 13.2. The second kappa shape index (κ2) is 18.4. The summed E-state index contributed by atoms with van der Waals surface area (Å²) in [6.45, 7) is 3.91. The number of ether oxygens (including phenoxy) is 1. The highest BCUT2D eigenvalue weighted by molar-refractivity contribution is 5.96. The molecular formula is C41H45N5O6. The van der Waals surface area contributed by atoms with Gasteiger partial charge in [-0.3, -0.25) is 14.4 Å². The highest BCUT2D eigenvalue weighted by Gasteiger charge is 2.32. The number of alkyl carbamates (subject to hydrolysis) is 1. The third-order valence-corrected chi connectivity index (χ3v) is 8.73. The Labute approximate surface area is 303 Å². The van der Waals surface area contributed by atoms with Crippen LogP contribution in [0.3, 0.4) is 0 Å². The van der Waals surface area contributed by atoms with E-state index in [-0.39, 0.29) is 37.6 Å². The van der Waals surface area contributed by atoms with Crippen molar-refractivity contribution in [1.29, 1.82) is 0 Å². The van der Waals surface area contributed by atoms with Crippen LogP contribution >= 0.6 is 0 Å². The maximum absolute atomic E-state index is 14.2. The molecule has 270 valence electrons. The highest BCUT2D eigenvalue weighted by Crippen LogP contribution is 2.21. The summed E-state index contributed by atoms with van der Waals surface area (Å²) < 4.78 is 5.47. The van der Waals surface area contributed by atoms with E-state index in [1.165, 1.54) is 6.33 Å². The maximum Gasteiger partial charge on any atom is 0.408 e. The normalized spacial score (nSPS) is 13.5. The summed E-state index contributed by atoms with van der Waals surface area (Å²) in [7, 11) is 0. The van der Waals surface area contributed by atoms with Gasteiger partial charge in [0.15, 0.2) is 5.78 Å². The summed E-state index contributed by atoms with van der Waals surface area (Å²) in [5, 5.41) is 21.6. The van der Waals surface area contributed by atoms with Gasteiger partial charge in [-0.25, -0.2) is 9.78 Å². The van der Waals surface area contributed by atoms with Crippen LogP contribution in [0, 0.1) is 5.92 Å². The van der Waals surface area contributed by atoms with Crippen LogP contribution in [0.4, 0.5) is 4.79 Å². The Hall–Kier alpha value is -5.81. The predicted molar refractivity (Wildman–Crippen MR) is 198 cm³/mol. The van der Waals surface area contributed by atoms with Crippen molar-refractivity contribution in [2.45, 2.75) is 70.4 Å². The van der Waals surface area contributed by atoms with Crippen molar-refractivity contribution >= 4 is 34.5 Å². The van der Waals surface area contributed by atoms with Gasteiger partial charge >= 0.3 is 6.09 Å². The first kappa shape index (κ1) is 37.4. The van der Waals surface area contributed by atoms with Crippen LogP contribution in [-0.2, 0) is 33.8 Å². The molecule has 0 fully saturated rings. The molecule has 0 saturated heterocycles. The Morgan fingerprint density at radius 3 is 2.13 bits per heavy atom. The lowest BCUT2D eigenvalue weighted by atomic mass is 9.94. The van der Waals surface area contributed by atoms with Crippen LogP contribution in [0.1, 0.15) is 53.9 Å². The van der Waals surface area contributed by atoms with Gasteiger partial charge in [-0.1, -0.05) is 117 Å². The number of aromatic nitrogens is 2. The minimum Gasteiger partial charge on any atom is -0.445 e. The van der Waals surface area contributed by atoms with Gasteiger partial charge in [0.25, 0.3) is 0 Å². The molecule has 0 spiro atoms. The molecule has 5 rings (SSSR count). The number of ketones is 1. The van der Waals surface area contributed by atoms with Crippen molar-refractivity contribution < 1.29 is 29.0 Å². The number of carbonyl (C=O) groups is 4. The average molecular weight is 704 g/mol. The Morgan fingerprint density at radius 2 is 1.42 bits per heavy atom. The van der Waals surface area contributed by atoms with Crippen molar-refractivity contribution in [3.8, 4) is 0 Å². The van der Waals surface area contributed by atoms with Crippen LogP contribution in [0.5, 0.6) is 0 Å². The quantitative estimate of drug-likeness (QED) is 0.0822. The molecule has 0 bridgehead atoms. The molecule has 1 aromatic heterocycles. The summed E-state index contributed by atoms with van der Waals surface area (Å²) in [6, 6.07) is 28.3. The molecule has 11 nitrogen and oxygen atoms in total. The third kappa shape index (κ3) is 10.8. The standard InChI is InChI=1S/C41H45N5O6/c1-27(2)20-34(38(48)23-37(47)30-15-7-4-8-16-30)44-40(50)36(22-32-24-42-26-43-32)45-39(49)35(46-41(51)52-25-28-12-5-3-6-13-28)21-31-18-11-17-29-14-9-10-19-33(29)31/h3-19,24,26-27,34-36,38,48H,20-23,25H2,1-2H3,(H,42,43)(H,44,50)(H,45,49)(H,46,51)/t34-,35-,36+,38-/m0/s1. The lowest BCUT2D eigenvalue weighted by molar-refractivity contribution is -0.130. The molecule has 1 heterocycles. The van der Waals surface area contributed by atoms with E-state index >= 15 is 0 Å². The smallest absolute Gasteiger partial charge is 0.408 e. The predicted octanol–water partition coefficient (Wildman–Crippen LogP) is 5.29. The first-order chi connectivity index (χ1) is 25.2. The van der Waals surface area contributed by atoms with Gasteiger partial charge in [-0.2, -0.15) is 0 Å². The monoisotopic (exact) mass is 703 g/mol. The molecule has 0 saturated carbocycles. The van der Waals surface area contributed by atoms with Crippen LogP contribution in [0.2, 0.25) is 0 Å². The number of hydrogen-bond acceptors (Lipinski definition) is 7. The number of imidazole rings is 1. The number of Topliss-reactive ketones (excluding diaryl/α,β-unsaturated/α-hetero) is 1. The van der Waals surface area contributed by atoms with Crippen molar-refractivity contribution in [1.82, 2.24) is 25.9 Å². The fraction of sp³-hybridized carbons (Fsp3) is 0.293. The van der Waals surface area contributed by atoms with Crippen molar-refractivity contribution in [2.75, 3.05) is 0 Å². The minimum absolute atomic E-state index is 0.00576. The summed E-state index contributed by atoms with van der Waals surface area (Å²) in [4.78, 5) is 61.4. The minimum atomic E-state index is -1.18. The summed E-state index contributed by atoms with van der Waals surface area (Å²) in [5.74, 6) is -1.36. The summed E-state index contributed by atoms with van der Waals surface area (Å²) >= 11 is 0. The molecule has 5 aromatic rings. The largest absolute Gasteiger partial charge is 0.445 e. The van der Waals surface area contributed by atoms with E-state index in [1.54, 1.807) is 36.5 Å². The van der Waals surface area contributed by atoms with E-state index in [4.69, 9.17) is 4.74 Å². The Bertz CT molecular complexity index is 1910. The molecule has 0 radical (unpaired) electrons. The van der Waals surface area contributed by atoms with E-state index in [0.717, 1.165) is 21.9 Å². The van der Waals surface area contributed by atoms with Crippen molar-refractivity contribution in [2.24, 2.45) is 5.92 Å². The Balaban J connectivity index is 1.36. The van der Waals surface area contributed by atoms with Crippen molar-refractivity contribution in [3.05, 3.63) is 138 Å². The van der Waals surface area contributed by atoms with Gasteiger partial charge in [-0.05, 0) is 34.2 Å². The van der Waals surface area contributed by atoms with Crippen LogP contribution in [0.25, 0.3) is 10.8 Å². The average Bonchev–Trinajstić information content (AvgIpc) is 3.67. The number of amides is 3. The highest BCUT2D eigenvalue weighted by atomic mass is 16.5. The number of aromatic amines is 1. The summed E-state index contributed by atoms with van der Waals surface area (Å²) in [6.07, 6.45) is 1.45. The topological polar surface area (TPSA) is 163 Å². The van der Waals surface area contributed by atoms with Gasteiger partial charge in [0, 0.05) is 31.0 Å². The number of benzene rings is 4. The molecule has 52 heavy (non-hydrogen) atoms. The molecule has 0 unspecified atom stereocenters. The molecule has 4 aromatic carbocycles. The van der Waals surface area contributed by atoms with Crippen LogP contribution in [-0.4, -0.2) is 63.0 Å². The van der Waals surface area contributed by atoms with E-state index in [2.05, 4.69) is 25.9 Å². The van der Waals surface area contributed by atoms with Gasteiger partial charge in [0.2, 0.25) is 11.8 Å². The Kier molecular flexibility index (Phi) is 13.3. The first-order valence-corrected chi connectivity index (χ1v) is 17.4.